The molecule has 1 N–H and O–H groups in total. The van der Waals surface area contributed by atoms with Crippen molar-refractivity contribution >= 4 is 50.4 Å². The van der Waals surface area contributed by atoms with E-state index in [1.54, 1.807) is 48.8 Å². The van der Waals surface area contributed by atoms with Gasteiger partial charge < -0.3 is 0 Å². The molecule has 0 fully saturated rings. The number of sulfonamides is 1. The smallest absolute Gasteiger partial charge is 0.260 e. The molecule has 2 aromatic rings. The molecule has 7 nitrogen and oxygen atoms in total. The van der Waals surface area contributed by atoms with Gasteiger partial charge in [0.2, 0.25) is 10.0 Å². The number of nitrogens with one attached hydrogen (secondary N) is 1. The molecule has 1 aromatic heterocycles. The number of amides is 1. The van der Waals surface area contributed by atoms with Crippen molar-refractivity contribution in [3.05, 3.63) is 57.9 Å². The van der Waals surface area contributed by atoms with Crippen LogP contribution in [0.3, 0.4) is 0 Å². The summed E-state index contributed by atoms with van der Waals surface area (Å²) in [5, 5.41) is 3.81. The average molecular weight is 458 g/mol. The fraction of sp³-hybridized carbons (Fsp3) is 0.133. The average Bonchev–Trinajstić information content (AvgIpc) is 2.54. The Hall–Kier alpha value is -2.01. The maximum atomic E-state index is 12.0. The summed E-state index contributed by atoms with van der Waals surface area (Å²) >= 11 is 2.12. The SMILES string of the molecule is CS(=O)(=O)N(CC(=O)N/N=C\c1ccncc1)c1ccc(I)cc1. The number of rotatable bonds is 6. The van der Waals surface area contributed by atoms with Crippen molar-refractivity contribution in [2.75, 3.05) is 17.1 Å². The molecule has 0 aliphatic heterocycles. The Labute approximate surface area is 154 Å². The Kier molecular flexibility index (Phi) is 6.26. The molecule has 0 atom stereocenters. The maximum Gasteiger partial charge on any atom is 0.260 e. The van der Waals surface area contributed by atoms with Crippen LogP contribution in [0.2, 0.25) is 0 Å². The van der Waals surface area contributed by atoms with E-state index in [0.717, 1.165) is 19.7 Å². The summed E-state index contributed by atoms with van der Waals surface area (Å²) in [7, 11) is -3.59. The monoisotopic (exact) mass is 458 g/mol. The zero-order valence-electron chi connectivity index (χ0n) is 12.8. The molecule has 0 unspecified atom stereocenters. The van der Waals surface area contributed by atoms with Crippen molar-refractivity contribution in [2.24, 2.45) is 5.10 Å². The van der Waals surface area contributed by atoms with Gasteiger partial charge in [0.15, 0.2) is 0 Å². The van der Waals surface area contributed by atoms with Crippen LogP contribution < -0.4 is 9.73 Å². The second-order valence-corrected chi connectivity index (χ2v) is 7.97. The largest absolute Gasteiger partial charge is 0.271 e. The van der Waals surface area contributed by atoms with Gasteiger partial charge in [-0.2, -0.15) is 5.10 Å². The van der Waals surface area contributed by atoms with Gasteiger partial charge in [0.05, 0.1) is 18.2 Å². The minimum absolute atomic E-state index is 0.354. The molecule has 1 amide bonds. The number of hydrazone groups is 1. The maximum absolute atomic E-state index is 12.0. The van der Waals surface area contributed by atoms with Crippen LogP contribution in [0.25, 0.3) is 0 Å². The molecule has 0 radical (unpaired) electrons. The van der Waals surface area contributed by atoms with Gasteiger partial charge in [-0.1, -0.05) is 0 Å². The fourth-order valence-corrected chi connectivity index (χ4v) is 3.02. The lowest BCUT2D eigenvalue weighted by Crippen LogP contribution is -2.39. The summed E-state index contributed by atoms with van der Waals surface area (Å²) < 4.78 is 25.9. The number of carbonyl (C=O) groups is 1. The first-order valence-corrected chi connectivity index (χ1v) is 9.74. The van der Waals surface area contributed by atoms with E-state index in [4.69, 9.17) is 0 Å². The molecule has 2 rings (SSSR count). The number of anilines is 1. The van der Waals surface area contributed by atoms with Crippen molar-refractivity contribution in [1.82, 2.24) is 10.4 Å². The van der Waals surface area contributed by atoms with Gasteiger partial charge in [-0.25, -0.2) is 13.8 Å². The van der Waals surface area contributed by atoms with Crippen LogP contribution in [0.15, 0.2) is 53.9 Å². The van der Waals surface area contributed by atoms with Crippen LogP contribution in [-0.4, -0.2) is 38.3 Å². The van der Waals surface area contributed by atoms with Crippen LogP contribution >= 0.6 is 22.6 Å². The minimum atomic E-state index is -3.59. The van der Waals surface area contributed by atoms with Crippen molar-refractivity contribution in [1.29, 1.82) is 0 Å². The van der Waals surface area contributed by atoms with E-state index in [9.17, 15) is 13.2 Å². The summed E-state index contributed by atoms with van der Waals surface area (Å²) in [6, 6.07) is 10.3. The van der Waals surface area contributed by atoms with Crippen LogP contribution in [0.1, 0.15) is 5.56 Å². The van der Waals surface area contributed by atoms with E-state index in [1.807, 2.05) is 0 Å². The Morgan fingerprint density at radius 3 is 2.46 bits per heavy atom. The second kappa shape index (κ2) is 8.20. The number of halogens is 1. The molecule has 0 spiro atoms. The van der Waals surface area contributed by atoms with Gasteiger partial charge >= 0.3 is 0 Å². The van der Waals surface area contributed by atoms with Gasteiger partial charge in [-0.05, 0) is 64.6 Å². The highest BCUT2D eigenvalue weighted by Crippen LogP contribution is 2.18. The molecule has 1 heterocycles. The number of aromatic nitrogens is 1. The Balaban J connectivity index is 2.05. The quantitative estimate of drug-likeness (QED) is 0.405. The fourth-order valence-electron chi connectivity index (χ4n) is 1.80. The van der Waals surface area contributed by atoms with E-state index in [0.29, 0.717) is 5.69 Å². The van der Waals surface area contributed by atoms with Crippen molar-refractivity contribution in [3.63, 3.8) is 0 Å². The number of benzene rings is 1. The van der Waals surface area contributed by atoms with Gasteiger partial charge in [-0.3, -0.25) is 14.1 Å². The van der Waals surface area contributed by atoms with E-state index >= 15 is 0 Å². The highest BCUT2D eigenvalue weighted by molar-refractivity contribution is 14.1. The van der Waals surface area contributed by atoms with E-state index < -0.39 is 15.9 Å². The molecule has 0 saturated heterocycles. The third-order valence-electron chi connectivity index (χ3n) is 2.91. The molecule has 9 heteroatoms. The topological polar surface area (TPSA) is 91.7 Å². The number of hydrogen-bond acceptors (Lipinski definition) is 5. The first-order valence-electron chi connectivity index (χ1n) is 6.81. The highest BCUT2D eigenvalue weighted by Gasteiger charge is 2.20. The number of hydrogen-bond donors (Lipinski definition) is 1. The van der Waals surface area contributed by atoms with Crippen molar-refractivity contribution in [2.45, 2.75) is 0 Å². The van der Waals surface area contributed by atoms with Crippen LogP contribution in [0, 0.1) is 3.57 Å². The first-order chi connectivity index (χ1) is 11.4. The van der Waals surface area contributed by atoms with Gasteiger partial charge in [0.1, 0.15) is 6.54 Å². The lowest BCUT2D eigenvalue weighted by atomic mass is 10.3. The Morgan fingerprint density at radius 1 is 1.25 bits per heavy atom. The molecule has 0 aliphatic rings. The molecule has 126 valence electrons. The summed E-state index contributed by atoms with van der Waals surface area (Å²) in [5.41, 5.74) is 3.51. The zero-order valence-corrected chi connectivity index (χ0v) is 15.7. The zero-order chi connectivity index (χ0) is 17.6. The lowest BCUT2D eigenvalue weighted by Gasteiger charge is -2.21. The highest BCUT2D eigenvalue weighted by atomic mass is 127. The third-order valence-corrected chi connectivity index (χ3v) is 4.77. The van der Waals surface area contributed by atoms with E-state index in [1.165, 1.54) is 6.21 Å². The first kappa shape index (κ1) is 18.3. The number of carbonyl (C=O) groups excluding carboxylic acids is 1. The number of pyridine rings is 1. The van der Waals surface area contributed by atoms with Gasteiger partial charge in [-0.15, -0.1) is 0 Å². The molecule has 0 bridgehead atoms. The Bertz CT molecular complexity index is 824. The van der Waals surface area contributed by atoms with Gasteiger partial charge in [0, 0.05) is 16.0 Å². The summed E-state index contributed by atoms with van der Waals surface area (Å²) in [4.78, 5) is 15.9. The summed E-state index contributed by atoms with van der Waals surface area (Å²) in [6.07, 6.45) is 5.71. The standard InChI is InChI=1S/C15H15IN4O3S/c1-24(22,23)20(14-4-2-13(16)3-5-14)11-15(21)19-18-10-12-6-8-17-9-7-12/h2-10H,11H2,1H3,(H,19,21)/b18-10-. The van der Waals surface area contributed by atoms with E-state index in [-0.39, 0.29) is 6.54 Å². The van der Waals surface area contributed by atoms with Crippen LogP contribution in [0.5, 0.6) is 0 Å². The molecule has 1 aromatic carbocycles. The molecule has 24 heavy (non-hydrogen) atoms. The van der Waals surface area contributed by atoms with Crippen LogP contribution in [-0.2, 0) is 14.8 Å². The molecule has 0 aliphatic carbocycles. The molecular weight excluding hydrogens is 443 g/mol. The predicted molar refractivity (Wildman–Crippen MR) is 101 cm³/mol. The lowest BCUT2D eigenvalue weighted by molar-refractivity contribution is -0.119. The van der Waals surface area contributed by atoms with Gasteiger partial charge in [0.25, 0.3) is 5.91 Å². The molecule has 0 saturated carbocycles. The minimum Gasteiger partial charge on any atom is -0.271 e. The predicted octanol–water partition coefficient (Wildman–Crippen LogP) is 1.60. The van der Waals surface area contributed by atoms with E-state index in [2.05, 4.69) is 38.1 Å². The van der Waals surface area contributed by atoms with Crippen LogP contribution in [0.4, 0.5) is 5.69 Å². The number of nitrogens with zero attached hydrogens (tertiary/aromatic N) is 3. The third kappa shape index (κ3) is 5.57. The summed E-state index contributed by atoms with van der Waals surface area (Å²) in [6.45, 7) is -0.354. The molecular formula is C15H15IN4O3S. The van der Waals surface area contributed by atoms with Crippen molar-refractivity contribution < 1.29 is 13.2 Å². The normalized spacial score (nSPS) is 11.4. The second-order valence-electron chi connectivity index (χ2n) is 4.82. The van der Waals surface area contributed by atoms with Crippen molar-refractivity contribution in [3.8, 4) is 0 Å². The summed E-state index contributed by atoms with van der Waals surface area (Å²) in [5.74, 6) is -0.538. The Morgan fingerprint density at radius 2 is 1.88 bits per heavy atom.